The highest BCUT2D eigenvalue weighted by molar-refractivity contribution is 8.12. The van der Waals surface area contributed by atoms with Crippen LogP contribution in [0, 0.1) is 11.2 Å². The van der Waals surface area contributed by atoms with Crippen LogP contribution in [0.15, 0.2) is 32.6 Å². The van der Waals surface area contributed by atoms with Crippen LogP contribution >= 0.6 is 11.8 Å². The number of thioether (sulfide) groups is 1. The molecule has 0 atom stereocenters. The molecule has 6 nitrogen and oxygen atoms in total. The van der Waals surface area contributed by atoms with E-state index in [9.17, 15) is 12.8 Å². The lowest BCUT2D eigenvalue weighted by Gasteiger charge is -2.21. The molecule has 1 saturated carbocycles. The van der Waals surface area contributed by atoms with Gasteiger partial charge in [-0.25, -0.2) is 4.39 Å². The molecule has 9 heteroatoms. The molecule has 1 aliphatic heterocycles. The molecule has 2 aliphatic rings. The van der Waals surface area contributed by atoms with E-state index in [0.717, 1.165) is 12.6 Å². The van der Waals surface area contributed by atoms with Gasteiger partial charge < -0.3 is 5.73 Å². The number of rotatable bonds is 5. The summed E-state index contributed by atoms with van der Waals surface area (Å²) in [5, 5.41) is 6.33. The summed E-state index contributed by atoms with van der Waals surface area (Å²) in [5.41, 5.74) is 6.72. The molecule has 1 aliphatic carbocycles. The fourth-order valence-electron chi connectivity index (χ4n) is 3.03. The standard InChI is InChI=1S/C15H19FN4O2S2/c16-13-7-12(3-4-14(13)17)24(21,22)19-10-23-11-20-9-15(8-18-20)5-1-2-6-15/h3-4,7-8,10H,1-2,5-6,9,11,17H2. The Morgan fingerprint density at radius 3 is 2.88 bits per heavy atom. The molecule has 0 radical (unpaired) electrons. The van der Waals surface area contributed by atoms with Crippen LogP contribution in [0.3, 0.4) is 0 Å². The van der Waals surface area contributed by atoms with Crippen LogP contribution in [-0.2, 0) is 10.0 Å². The van der Waals surface area contributed by atoms with Crippen LogP contribution in [0.5, 0.6) is 0 Å². The minimum absolute atomic E-state index is 0.0972. The maximum atomic E-state index is 13.4. The summed E-state index contributed by atoms with van der Waals surface area (Å²) in [7, 11) is -3.92. The average molecular weight is 370 g/mol. The van der Waals surface area contributed by atoms with Crippen LogP contribution < -0.4 is 5.73 Å². The van der Waals surface area contributed by atoms with Gasteiger partial charge in [-0.3, -0.25) is 5.01 Å². The van der Waals surface area contributed by atoms with Gasteiger partial charge in [0, 0.05) is 18.2 Å². The van der Waals surface area contributed by atoms with Gasteiger partial charge >= 0.3 is 0 Å². The zero-order valence-electron chi connectivity index (χ0n) is 13.1. The molecule has 1 fully saturated rings. The number of hydrogen-bond acceptors (Lipinski definition) is 6. The molecule has 1 heterocycles. The van der Waals surface area contributed by atoms with Gasteiger partial charge in [-0.2, -0.15) is 17.9 Å². The lowest BCUT2D eigenvalue weighted by molar-refractivity contribution is 0.284. The Morgan fingerprint density at radius 1 is 1.42 bits per heavy atom. The van der Waals surface area contributed by atoms with E-state index >= 15 is 0 Å². The number of anilines is 1. The third-order valence-electron chi connectivity index (χ3n) is 4.34. The fourth-order valence-corrected chi connectivity index (χ4v) is 4.74. The number of hydrogen-bond donors (Lipinski definition) is 1. The third-order valence-corrected chi connectivity index (χ3v) is 6.41. The highest BCUT2D eigenvalue weighted by Crippen LogP contribution is 2.40. The second-order valence-corrected chi connectivity index (χ2v) is 8.58. The average Bonchev–Trinajstić information content (AvgIpc) is 3.17. The number of hydrazone groups is 1. The van der Waals surface area contributed by atoms with Gasteiger partial charge in [-0.05, 0) is 31.0 Å². The summed E-state index contributed by atoms with van der Waals surface area (Å²) in [6.07, 6.45) is 6.85. The Hall–Kier alpha value is -1.61. The Balaban J connectivity index is 1.54. The maximum Gasteiger partial charge on any atom is 0.282 e. The number of nitrogen functional groups attached to an aromatic ring is 1. The van der Waals surface area contributed by atoms with Gasteiger partial charge in [-0.1, -0.05) is 24.6 Å². The summed E-state index contributed by atoms with van der Waals surface area (Å²) in [6, 6.07) is 3.33. The predicted molar refractivity (Wildman–Crippen MR) is 95.0 cm³/mol. The molecule has 0 saturated heterocycles. The molecule has 0 bridgehead atoms. The summed E-state index contributed by atoms with van der Waals surface area (Å²) in [6.45, 7) is 0.879. The van der Waals surface area contributed by atoms with Crippen molar-refractivity contribution < 1.29 is 12.8 Å². The molecule has 0 aromatic heterocycles. The van der Waals surface area contributed by atoms with E-state index in [2.05, 4.69) is 9.50 Å². The summed E-state index contributed by atoms with van der Waals surface area (Å²) in [4.78, 5) is -0.213. The van der Waals surface area contributed by atoms with Crippen molar-refractivity contribution in [2.75, 3.05) is 18.2 Å². The molecule has 1 spiro atoms. The van der Waals surface area contributed by atoms with Crippen LogP contribution in [0.4, 0.5) is 10.1 Å². The van der Waals surface area contributed by atoms with Gasteiger partial charge in [0.2, 0.25) is 0 Å². The van der Waals surface area contributed by atoms with E-state index in [1.54, 1.807) is 0 Å². The van der Waals surface area contributed by atoms with Crippen LogP contribution in [0.2, 0.25) is 0 Å². The predicted octanol–water partition coefficient (Wildman–Crippen LogP) is 2.68. The minimum Gasteiger partial charge on any atom is -0.396 e. The van der Waals surface area contributed by atoms with Gasteiger partial charge in [0.05, 0.1) is 22.0 Å². The zero-order chi connectivity index (χ0) is 17.2. The summed E-state index contributed by atoms with van der Waals surface area (Å²) in [5.74, 6) is -0.236. The van der Waals surface area contributed by atoms with Crippen LogP contribution in [0.1, 0.15) is 25.7 Å². The van der Waals surface area contributed by atoms with E-state index < -0.39 is 15.8 Å². The molecule has 3 rings (SSSR count). The number of nitrogens with two attached hydrogens (primary N) is 1. The molecular weight excluding hydrogens is 351 g/mol. The van der Waals surface area contributed by atoms with Crippen molar-refractivity contribution in [2.45, 2.75) is 30.6 Å². The Kier molecular flexibility index (Phi) is 4.82. The van der Waals surface area contributed by atoms with E-state index in [1.165, 1.54) is 55.1 Å². The smallest absolute Gasteiger partial charge is 0.282 e. The number of benzene rings is 1. The SMILES string of the molecule is Nc1ccc(S(=O)(=O)N=CSCN2CC3(C=N2)CCCC3)cc1F. The number of nitrogens with zero attached hydrogens (tertiary/aromatic N) is 3. The summed E-state index contributed by atoms with van der Waals surface area (Å²) >= 11 is 1.24. The molecular formula is C15H19FN4O2S2. The first-order valence-electron chi connectivity index (χ1n) is 7.66. The maximum absolute atomic E-state index is 13.4. The van der Waals surface area contributed by atoms with Crippen LogP contribution in [-0.4, -0.2) is 37.6 Å². The molecule has 130 valence electrons. The topological polar surface area (TPSA) is 88.1 Å². The lowest BCUT2D eigenvalue weighted by Crippen LogP contribution is -2.26. The van der Waals surface area contributed by atoms with Gasteiger partial charge in [0.1, 0.15) is 5.82 Å². The van der Waals surface area contributed by atoms with Crippen molar-refractivity contribution in [3.63, 3.8) is 0 Å². The second kappa shape index (κ2) is 6.72. The highest BCUT2D eigenvalue weighted by Gasteiger charge is 2.37. The van der Waals surface area contributed by atoms with Crippen molar-refractivity contribution in [2.24, 2.45) is 14.9 Å². The normalized spacial score (nSPS) is 19.8. The number of halogens is 1. The van der Waals surface area contributed by atoms with Gasteiger partial charge in [-0.15, -0.1) is 0 Å². The lowest BCUT2D eigenvalue weighted by atomic mass is 9.89. The monoisotopic (exact) mass is 370 g/mol. The molecule has 1 aromatic rings. The highest BCUT2D eigenvalue weighted by atomic mass is 32.2. The molecule has 0 unspecified atom stereocenters. The molecule has 1 aromatic carbocycles. The van der Waals surface area contributed by atoms with E-state index in [0.29, 0.717) is 5.88 Å². The van der Waals surface area contributed by atoms with Crippen molar-refractivity contribution >= 4 is 39.2 Å². The van der Waals surface area contributed by atoms with E-state index in [1.807, 2.05) is 11.2 Å². The number of sulfonamides is 1. The Morgan fingerprint density at radius 2 is 2.17 bits per heavy atom. The fraction of sp³-hybridized carbons (Fsp3) is 0.467. The first kappa shape index (κ1) is 17.2. The largest absolute Gasteiger partial charge is 0.396 e. The van der Waals surface area contributed by atoms with Gasteiger partial charge in [0.25, 0.3) is 10.0 Å². The molecule has 24 heavy (non-hydrogen) atoms. The van der Waals surface area contributed by atoms with Gasteiger partial charge in [0.15, 0.2) is 0 Å². The van der Waals surface area contributed by atoms with Crippen molar-refractivity contribution in [1.82, 2.24) is 5.01 Å². The summed E-state index contributed by atoms with van der Waals surface area (Å²) < 4.78 is 41.0. The first-order chi connectivity index (χ1) is 11.4. The second-order valence-electron chi connectivity index (χ2n) is 6.14. The van der Waals surface area contributed by atoms with E-state index in [-0.39, 0.29) is 16.0 Å². The Bertz CT molecular complexity index is 774. The van der Waals surface area contributed by atoms with Crippen molar-refractivity contribution in [1.29, 1.82) is 0 Å². The first-order valence-corrected chi connectivity index (χ1v) is 10.1. The Labute approximate surface area is 145 Å². The van der Waals surface area contributed by atoms with Crippen molar-refractivity contribution in [3.05, 3.63) is 24.0 Å². The quantitative estimate of drug-likeness (QED) is 0.489. The molecule has 0 amide bonds. The minimum atomic E-state index is -3.92. The third kappa shape index (κ3) is 3.72. The van der Waals surface area contributed by atoms with Crippen LogP contribution in [0.25, 0.3) is 0 Å². The molecule has 2 N–H and O–H groups in total. The van der Waals surface area contributed by atoms with Crippen molar-refractivity contribution in [3.8, 4) is 0 Å². The zero-order valence-corrected chi connectivity index (χ0v) is 14.7. The van der Waals surface area contributed by atoms with E-state index in [4.69, 9.17) is 5.73 Å².